The van der Waals surface area contributed by atoms with Crippen molar-refractivity contribution in [2.75, 3.05) is 7.11 Å². The average Bonchev–Trinajstić information content (AvgIpc) is 2.84. The number of amides is 1. The molecular weight excluding hydrogens is 334 g/mol. The zero-order chi connectivity index (χ0) is 18.7. The summed E-state index contributed by atoms with van der Waals surface area (Å²) in [5.41, 5.74) is 1.78. The van der Waals surface area contributed by atoms with Gasteiger partial charge in [-0.2, -0.15) is 4.98 Å². The van der Waals surface area contributed by atoms with E-state index in [-0.39, 0.29) is 30.3 Å². The average molecular weight is 359 g/mol. The monoisotopic (exact) mass is 359 g/mol. The molecule has 1 aliphatic carbocycles. The van der Waals surface area contributed by atoms with Gasteiger partial charge in [-0.3, -0.25) is 9.59 Å². The van der Waals surface area contributed by atoms with Gasteiger partial charge in [0.1, 0.15) is 0 Å². The Bertz CT molecular complexity index is 817. The Kier molecular flexibility index (Phi) is 5.49. The fraction of sp³-hybridized carbons (Fsp3) is 0.611. The van der Waals surface area contributed by atoms with Gasteiger partial charge in [-0.15, -0.1) is 5.10 Å². The Morgan fingerprint density at radius 3 is 2.77 bits per heavy atom. The maximum atomic E-state index is 12.5. The summed E-state index contributed by atoms with van der Waals surface area (Å²) in [7, 11) is 1.39. The molecule has 26 heavy (non-hydrogen) atoms. The molecule has 0 aliphatic heterocycles. The minimum absolute atomic E-state index is 0.0617. The first-order chi connectivity index (χ1) is 12.5. The second-order valence-electron chi connectivity index (χ2n) is 6.90. The summed E-state index contributed by atoms with van der Waals surface area (Å²) in [6.07, 6.45) is 4.62. The molecule has 0 bridgehead atoms. The van der Waals surface area contributed by atoms with Crippen molar-refractivity contribution in [3.63, 3.8) is 0 Å². The lowest BCUT2D eigenvalue weighted by molar-refractivity contribution is -0.147. The number of fused-ring (bicyclic) bond motifs is 1. The summed E-state index contributed by atoms with van der Waals surface area (Å²) in [4.78, 5) is 33.2. The predicted octanol–water partition coefficient (Wildman–Crippen LogP) is 1.52. The summed E-state index contributed by atoms with van der Waals surface area (Å²) in [5.74, 6) is 0.195. The van der Waals surface area contributed by atoms with Crippen LogP contribution in [0.5, 0.6) is 0 Å². The number of carbonyl (C=O) groups excluding carboxylic acids is 2. The number of esters is 1. The molecule has 2 heterocycles. The number of nitrogens with zero attached hydrogens (tertiary/aromatic N) is 4. The number of rotatable bonds is 4. The minimum atomic E-state index is -0.285. The molecule has 140 valence electrons. The highest BCUT2D eigenvalue weighted by Gasteiger charge is 2.31. The molecule has 8 heteroatoms. The molecule has 0 unspecified atom stereocenters. The molecule has 0 spiro atoms. The number of hydrogen-bond donors (Lipinski definition) is 1. The molecule has 0 aromatic carbocycles. The fourth-order valence-electron chi connectivity index (χ4n) is 3.60. The molecule has 3 rings (SSSR count). The Morgan fingerprint density at radius 1 is 1.23 bits per heavy atom. The fourth-order valence-corrected chi connectivity index (χ4v) is 3.60. The van der Waals surface area contributed by atoms with Crippen molar-refractivity contribution in [3.05, 3.63) is 23.3 Å². The van der Waals surface area contributed by atoms with Crippen molar-refractivity contribution in [3.8, 4) is 0 Å². The van der Waals surface area contributed by atoms with E-state index >= 15 is 0 Å². The van der Waals surface area contributed by atoms with Crippen molar-refractivity contribution in [1.82, 2.24) is 24.9 Å². The predicted molar refractivity (Wildman–Crippen MR) is 94.5 cm³/mol. The quantitative estimate of drug-likeness (QED) is 0.656. The molecule has 1 amide bonds. The highest BCUT2D eigenvalue weighted by atomic mass is 16.5. The molecular formula is C18H25N5O3. The largest absolute Gasteiger partial charge is 0.469 e. The summed E-state index contributed by atoms with van der Waals surface area (Å²) < 4.78 is 6.55. The van der Waals surface area contributed by atoms with E-state index in [4.69, 9.17) is 4.74 Å². The van der Waals surface area contributed by atoms with Crippen molar-refractivity contribution in [1.29, 1.82) is 0 Å². The molecule has 8 nitrogen and oxygen atoms in total. The van der Waals surface area contributed by atoms with Crippen LogP contribution in [-0.4, -0.2) is 44.6 Å². The summed E-state index contributed by atoms with van der Waals surface area (Å²) >= 11 is 0. The van der Waals surface area contributed by atoms with Gasteiger partial charge < -0.3 is 10.1 Å². The van der Waals surface area contributed by atoms with E-state index in [1.807, 2.05) is 19.9 Å². The first-order valence-electron chi connectivity index (χ1n) is 9.05. The maximum Gasteiger partial charge on any atom is 0.310 e. The molecule has 0 saturated heterocycles. The van der Waals surface area contributed by atoms with Gasteiger partial charge in [-0.25, -0.2) is 9.50 Å². The van der Waals surface area contributed by atoms with Gasteiger partial charge in [-0.1, -0.05) is 19.3 Å². The Morgan fingerprint density at radius 2 is 2.00 bits per heavy atom. The SMILES string of the molecule is COC(=O)[C@H]1CCCCC[C@@H]1NC(=O)Cc1nc2nc(C)cc(C)n2n1. The van der Waals surface area contributed by atoms with Crippen LogP contribution in [0.2, 0.25) is 0 Å². The summed E-state index contributed by atoms with van der Waals surface area (Å²) in [6.45, 7) is 3.82. The number of aryl methyl sites for hydroxylation is 2. The third-order valence-corrected chi connectivity index (χ3v) is 4.85. The van der Waals surface area contributed by atoms with Crippen molar-refractivity contribution in [2.24, 2.45) is 5.92 Å². The standard InChI is InChI=1S/C18H25N5O3/c1-11-9-12(2)23-18(19-11)21-15(22-23)10-16(24)20-14-8-6-4-5-7-13(14)17(25)26-3/h9,13-14H,4-8,10H2,1-3H3,(H,20,24)/t13-,14-/m0/s1. The Hall–Kier alpha value is -2.51. The highest BCUT2D eigenvalue weighted by molar-refractivity contribution is 5.80. The first kappa shape index (κ1) is 18.3. The van der Waals surface area contributed by atoms with Crippen LogP contribution in [0.15, 0.2) is 6.07 Å². The van der Waals surface area contributed by atoms with E-state index in [1.54, 1.807) is 4.52 Å². The summed E-state index contributed by atoms with van der Waals surface area (Å²) in [5, 5.41) is 7.36. The van der Waals surface area contributed by atoms with Crippen LogP contribution in [0.3, 0.4) is 0 Å². The van der Waals surface area contributed by atoms with Crippen molar-refractivity contribution >= 4 is 17.7 Å². The summed E-state index contributed by atoms with van der Waals surface area (Å²) in [6, 6.07) is 1.72. The third kappa shape index (κ3) is 4.00. The molecule has 2 aromatic heterocycles. The van der Waals surface area contributed by atoms with Gasteiger partial charge in [0.2, 0.25) is 5.91 Å². The van der Waals surface area contributed by atoms with Gasteiger partial charge >= 0.3 is 5.97 Å². The number of nitrogens with one attached hydrogen (secondary N) is 1. The van der Waals surface area contributed by atoms with Gasteiger partial charge in [-0.05, 0) is 32.8 Å². The van der Waals surface area contributed by atoms with Crippen LogP contribution < -0.4 is 5.32 Å². The van der Waals surface area contributed by atoms with E-state index in [9.17, 15) is 9.59 Å². The van der Waals surface area contributed by atoms with Crippen LogP contribution >= 0.6 is 0 Å². The number of carbonyl (C=O) groups is 2. The van der Waals surface area contributed by atoms with E-state index < -0.39 is 0 Å². The minimum Gasteiger partial charge on any atom is -0.469 e. The van der Waals surface area contributed by atoms with E-state index in [0.29, 0.717) is 11.6 Å². The Labute approximate surface area is 152 Å². The van der Waals surface area contributed by atoms with Crippen LogP contribution in [0, 0.1) is 19.8 Å². The topological polar surface area (TPSA) is 98.5 Å². The number of aromatic nitrogens is 4. The van der Waals surface area contributed by atoms with Gasteiger partial charge in [0.25, 0.3) is 5.78 Å². The second kappa shape index (κ2) is 7.80. The zero-order valence-corrected chi connectivity index (χ0v) is 15.5. The third-order valence-electron chi connectivity index (χ3n) is 4.85. The lowest BCUT2D eigenvalue weighted by Crippen LogP contribution is -2.43. The van der Waals surface area contributed by atoms with Crippen LogP contribution in [0.25, 0.3) is 5.78 Å². The molecule has 0 radical (unpaired) electrons. The maximum absolute atomic E-state index is 12.5. The van der Waals surface area contributed by atoms with Crippen molar-refractivity contribution in [2.45, 2.75) is 58.4 Å². The molecule has 2 aromatic rings. The normalized spacial score (nSPS) is 20.6. The van der Waals surface area contributed by atoms with Crippen LogP contribution in [0.4, 0.5) is 0 Å². The number of methoxy groups -OCH3 is 1. The van der Waals surface area contributed by atoms with Crippen molar-refractivity contribution < 1.29 is 14.3 Å². The lowest BCUT2D eigenvalue weighted by atomic mass is 9.94. The van der Waals surface area contributed by atoms with Gasteiger partial charge in [0.15, 0.2) is 5.82 Å². The highest BCUT2D eigenvalue weighted by Crippen LogP contribution is 2.24. The van der Waals surface area contributed by atoms with E-state index in [2.05, 4.69) is 20.4 Å². The second-order valence-corrected chi connectivity index (χ2v) is 6.90. The first-order valence-corrected chi connectivity index (χ1v) is 9.05. The Balaban J connectivity index is 1.71. The van der Waals surface area contributed by atoms with Crippen LogP contribution in [0.1, 0.15) is 49.3 Å². The lowest BCUT2D eigenvalue weighted by Gasteiger charge is -2.23. The van der Waals surface area contributed by atoms with Gasteiger partial charge in [0, 0.05) is 17.4 Å². The van der Waals surface area contributed by atoms with E-state index in [1.165, 1.54) is 7.11 Å². The molecule has 1 fully saturated rings. The van der Waals surface area contributed by atoms with Crippen LogP contribution in [-0.2, 0) is 20.7 Å². The molecule has 1 saturated carbocycles. The van der Waals surface area contributed by atoms with Gasteiger partial charge in [0.05, 0.1) is 19.4 Å². The molecule has 1 aliphatic rings. The molecule has 1 N–H and O–H groups in total. The number of hydrogen-bond acceptors (Lipinski definition) is 6. The van der Waals surface area contributed by atoms with E-state index in [0.717, 1.165) is 43.5 Å². The molecule has 2 atom stereocenters. The zero-order valence-electron chi connectivity index (χ0n) is 15.5. The number of ether oxygens (including phenoxy) is 1. The smallest absolute Gasteiger partial charge is 0.310 e.